The summed E-state index contributed by atoms with van der Waals surface area (Å²) in [5.41, 5.74) is 9.14. The highest BCUT2D eigenvalue weighted by molar-refractivity contribution is 7.26. The van der Waals surface area contributed by atoms with Crippen molar-refractivity contribution >= 4 is 53.4 Å². The molecule has 234 valence electrons. The van der Waals surface area contributed by atoms with Crippen molar-refractivity contribution in [3.63, 3.8) is 0 Å². The van der Waals surface area contributed by atoms with Crippen LogP contribution in [0.25, 0.3) is 98.5 Å². The molecule has 0 aliphatic carbocycles. The predicted molar refractivity (Wildman–Crippen MR) is 207 cm³/mol. The Balaban J connectivity index is 1.16. The molecule has 0 N–H and O–H groups in total. The summed E-state index contributed by atoms with van der Waals surface area (Å²) in [7, 11) is 0. The van der Waals surface area contributed by atoms with Gasteiger partial charge in [0.2, 0.25) is 0 Å². The highest BCUT2D eigenvalue weighted by Crippen LogP contribution is 2.40. The molecule has 0 saturated heterocycles. The zero-order valence-corrected chi connectivity index (χ0v) is 27.6. The number of rotatable bonds is 5. The molecule has 0 amide bonds. The summed E-state index contributed by atoms with van der Waals surface area (Å²) in [6.45, 7) is 0. The molecule has 0 atom stereocenters. The largest absolute Gasteiger partial charge is 0.456 e. The number of thiophene rings is 1. The van der Waals surface area contributed by atoms with Gasteiger partial charge in [0.25, 0.3) is 0 Å². The molecular formula is C45H27N3OS. The van der Waals surface area contributed by atoms with Gasteiger partial charge in [-0.05, 0) is 64.7 Å². The van der Waals surface area contributed by atoms with Crippen molar-refractivity contribution in [2.45, 2.75) is 0 Å². The quantitative estimate of drug-likeness (QED) is 0.185. The maximum absolute atomic E-state index is 6.29. The fourth-order valence-electron chi connectivity index (χ4n) is 6.85. The minimum absolute atomic E-state index is 0.616. The SMILES string of the molecule is c1ccc(-c2ccc(-c3nc(-c4ccc5oc6ccc(-c7ccccc7)cc6c5c4)nc(-c4cccc5c4sc4ccccc45)n3)cc2)cc1. The molecule has 10 rings (SSSR count). The normalized spacial score (nSPS) is 11.6. The highest BCUT2D eigenvalue weighted by Gasteiger charge is 2.18. The molecule has 5 heteroatoms. The Kier molecular flexibility index (Phi) is 6.64. The number of hydrogen-bond acceptors (Lipinski definition) is 5. The van der Waals surface area contributed by atoms with E-state index in [2.05, 4.69) is 140 Å². The predicted octanol–water partition coefficient (Wildman–Crippen LogP) is 12.5. The molecule has 0 unspecified atom stereocenters. The molecule has 0 spiro atoms. The standard InChI is InChI=1S/C45H27N3OS/c1-3-10-28(11-4-1)30-18-20-31(21-19-30)43-46-44(48-45(47-43)36-16-9-15-35-34-14-7-8-17-41(34)50-42(35)36)33-23-25-40-38(27-33)37-26-32(22-24-39(37)49-40)29-12-5-2-6-13-29/h1-27H. The average molecular weight is 658 g/mol. The minimum Gasteiger partial charge on any atom is -0.456 e. The van der Waals surface area contributed by atoms with Gasteiger partial charge < -0.3 is 4.42 Å². The van der Waals surface area contributed by atoms with Gasteiger partial charge in [-0.3, -0.25) is 0 Å². The van der Waals surface area contributed by atoms with Crippen LogP contribution in [-0.2, 0) is 0 Å². The van der Waals surface area contributed by atoms with Gasteiger partial charge in [-0.2, -0.15) is 0 Å². The lowest BCUT2D eigenvalue weighted by molar-refractivity contribution is 0.669. The molecule has 0 fully saturated rings. The van der Waals surface area contributed by atoms with Gasteiger partial charge in [0.1, 0.15) is 11.2 Å². The fraction of sp³-hybridized carbons (Fsp3) is 0. The molecule has 0 saturated carbocycles. The molecule has 7 aromatic carbocycles. The summed E-state index contributed by atoms with van der Waals surface area (Å²) in [6.07, 6.45) is 0. The summed E-state index contributed by atoms with van der Waals surface area (Å²) in [4.78, 5) is 15.4. The summed E-state index contributed by atoms with van der Waals surface area (Å²) in [5.74, 6) is 1.90. The Labute approximate surface area is 292 Å². The van der Waals surface area contributed by atoms with E-state index >= 15 is 0 Å². The lowest BCUT2D eigenvalue weighted by Gasteiger charge is -2.10. The van der Waals surface area contributed by atoms with Crippen LogP contribution in [0.15, 0.2) is 168 Å². The number of benzene rings is 7. The fourth-order valence-corrected chi connectivity index (χ4v) is 8.06. The van der Waals surface area contributed by atoms with Gasteiger partial charge in [-0.15, -0.1) is 11.3 Å². The van der Waals surface area contributed by atoms with Crippen molar-refractivity contribution in [2.24, 2.45) is 0 Å². The minimum atomic E-state index is 0.616. The molecule has 10 aromatic rings. The zero-order valence-electron chi connectivity index (χ0n) is 26.7. The van der Waals surface area contributed by atoms with Crippen molar-refractivity contribution in [3.8, 4) is 56.4 Å². The monoisotopic (exact) mass is 657 g/mol. The van der Waals surface area contributed by atoms with Crippen LogP contribution in [0.4, 0.5) is 0 Å². The molecule has 3 heterocycles. The van der Waals surface area contributed by atoms with E-state index in [0.29, 0.717) is 17.5 Å². The van der Waals surface area contributed by atoms with Crippen LogP contribution >= 0.6 is 11.3 Å². The maximum atomic E-state index is 6.29. The number of furan rings is 1. The van der Waals surface area contributed by atoms with E-state index < -0.39 is 0 Å². The maximum Gasteiger partial charge on any atom is 0.165 e. The van der Waals surface area contributed by atoms with Crippen LogP contribution in [0.1, 0.15) is 0 Å². The molecule has 3 aromatic heterocycles. The Hall–Kier alpha value is -6.43. The van der Waals surface area contributed by atoms with E-state index in [1.54, 1.807) is 11.3 Å². The van der Waals surface area contributed by atoms with Crippen LogP contribution in [0, 0.1) is 0 Å². The van der Waals surface area contributed by atoms with Crippen LogP contribution in [0.2, 0.25) is 0 Å². The first kappa shape index (κ1) is 28.6. The zero-order chi connectivity index (χ0) is 33.0. The van der Waals surface area contributed by atoms with E-state index in [0.717, 1.165) is 49.8 Å². The topological polar surface area (TPSA) is 51.8 Å². The Bertz CT molecular complexity index is 2860. The van der Waals surface area contributed by atoms with Crippen LogP contribution in [-0.4, -0.2) is 15.0 Å². The lowest BCUT2D eigenvalue weighted by atomic mass is 10.0. The summed E-state index contributed by atoms with van der Waals surface area (Å²) < 4.78 is 8.70. The molecule has 4 nitrogen and oxygen atoms in total. The summed E-state index contributed by atoms with van der Waals surface area (Å²) in [5, 5.41) is 4.54. The highest BCUT2D eigenvalue weighted by atomic mass is 32.1. The van der Waals surface area contributed by atoms with Gasteiger partial charge in [0, 0.05) is 47.6 Å². The van der Waals surface area contributed by atoms with E-state index in [9.17, 15) is 0 Å². The van der Waals surface area contributed by atoms with Gasteiger partial charge in [0.15, 0.2) is 17.5 Å². The second kappa shape index (κ2) is 11.6. The van der Waals surface area contributed by atoms with Crippen LogP contribution in [0.3, 0.4) is 0 Å². The number of nitrogens with zero attached hydrogens (tertiary/aromatic N) is 3. The van der Waals surface area contributed by atoms with Gasteiger partial charge in [-0.25, -0.2) is 15.0 Å². The Morgan fingerprint density at radius 1 is 0.360 bits per heavy atom. The van der Waals surface area contributed by atoms with Crippen molar-refractivity contribution in [1.82, 2.24) is 15.0 Å². The van der Waals surface area contributed by atoms with Crippen molar-refractivity contribution in [1.29, 1.82) is 0 Å². The van der Waals surface area contributed by atoms with Gasteiger partial charge in [-0.1, -0.05) is 121 Å². The third kappa shape index (κ3) is 4.87. The van der Waals surface area contributed by atoms with E-state index in [-0.39, 0.29) is 0 Å². The van der Waals surface area contributed by atoms with E-state index in [4.69, 9.17) is 19.4 Å². The molecule has 0 aliphatic rings. The second-order valence-electron chi connectivity index (χ2n) is 12.4. The second-order valence-corrected chi connectivity index (χ2v) is 13.5. The third-order valence-electron chi connectivity index (χ3n) is 9.37. The van der Waals surface area contributed by atoms with Crippen molar-refractivity contribution < 1.29 is 4.42 Å². The number of hydrogen-bond donors (Lipinski definition) is 0. The Morgan fingerprint density at radius 3 is 1.62 bits per heavy atom. The number of aromatic nitrogens is 3. The van der Waals surface area contributed by atoms with E-state index in [1.165, 1.54) is 31.3 Å². The Morgan fingerprint density at radius 2 is 0.880 bits per heavy atom. The summed E-state index contributed by atoms with van der Waals surface area (Å²) >= 11 is 1.78. The first-order chi connectivity index (χ1) is 24.7. The van der Waals surface area contributed by atoms with Crippen molar-refractivity contribution in [2.75, 3.05) is 0 Å². The molecule has 0 bridgehead atoms. The van der Waals surface area contributed by atoms with Gasteiger partial charge >= 0.3 is 0 Å². The molecule has 50 heavy (non-hydrogen) atoms. The lowest BCUT2D eigenvalue weighted by Crippen LogP contribution is -2.00. The summed E-state index contributed by atoms with van der Waals surface area (Å²) in [6, 6.07) is 56.9. The third-order valence-corrected chi connectivity index (χ3v) is 10.6. The molecule has 0 aliphatic heterocycles. The first-order valence-electron chi connectivity index (χ1n) is 16.6. The van der Waals surface area contributed by atoms with Crippen LogP contribution < -0.4 is 0 Å². The molecule has 0 radical (unpaired) electrons. The van der Waals surface area contributed by atoms with Crippen LogP contribution in [0.5, 0.6) is 0 Å². The molecular weight excluding hydrogens is 631 g/mol. The van der Waals surface area contributed by atoms with E-state index in [1.807, 2.05) is 24.3 Å². The average Bonchev–Trinajstić information content (AvgIpc) is 3.76. The van der Waals surface area contributed by atoms with Gasteiger partial charge in [0.05, 0.1) is 0 Å². The van der Waals surface area contributed by atoms with Crippen molar-refractivity contribution in [3.05, 3.63) is 164 Å². The number of fused-ring (bicyclic) bond motifs is 6. The smallest absolute Gasteiger partial charge is 0.165 e. The first-order valence-corrected chi connectivity index (χ1v) is 17.4.